The smallest absolute Gasteiger partial charge is 0.191 e. The van der Waals surface area contributed by atoms with E-state index in [0.717, 1.165) is 29.2 Å². The highest BCUT2D eigenvalue weighted by Gasteiger charge is 2.10. The molecule has 0 spiro atoms. The zero-order valence-corrected chi connectivity index (χ0v) is 20.7. The number of nitrogens with zero attached hydrogens (tertiary/aromatic N) is 3. The first-order chi connectivity index (χ1) is 14.5. The van der Waals surface area contributed by atoms with Gasteiger partial charge in [-0.3, -0.25) is 0 Å². The minimum atomic E-state index is 0. The van der Waals surface area contributed by atoms with Gasteiger partial charge in [0.2, 0.25) is 0 Å². The summed E-state index contributed by atoms with van der Waals surface area (Å²) in [6, 6.07) is 15.4. The predicted molar refractivity (Wildman–Crippen MR) is 135 cm³/mol. The van der Waals surface area contributed by atoms with Gasteiger partial charge in [0.1, 0.15) is 11.5 Å². The Balaban J connectivity index is 0.00000341. The van der Waals surface area contributed by atoms with Gasteiger partial charge in [-0.05, 0) is 56.7 Å². The molecule has 3 N–H and O–H groups in total. The number of benzene rings is 2. The molecule has 0 saturated carbocycles. The minimum Gasteiger partial charge on any atom is -0.508 e. The molecule has 0 radical (unpaired) electrons. The van der Waals surface area contributed by atoms with E-state index in [0.29, 0.717) is 30.4 Å². The van der Waals surface area contributed by atoms with Crippen LogP contribution in [0.4, 0.5) is 0 Å². The van der Waals surface area contributed by atoms with Crippen molar-refractivity contribution >= 4 is 29.9 Å². The van der Waals surface area contributed by atoms with E-state index in [-0.39, 0.29) is 29.7 Å². The van der Waals surface area contributed by atoms with Crippen LogP contribution in [0.3, 0.4) is 0 Å². The standard InChI is InChI=1S/C23H29N5O2.HI/c1-5-24-23(26-15-19-13-20(30-4)10-11-22(19)29)25-14-18-8-6-7-9-21(18)28-17(3)12-16(2)27-28;/h6-13,29H,5,14-15H2,1-4H3,(H2,24,25,26);1H. The fourth-order valence-corrected chi connectivity index (χ4v) is 3.24. The van der Waals surface area contributed by atoms with Crippen LogP contribution in [0.1, 0.15) is 29.4 Å². The fourth-order valence-electron chi connectivity index (χ4n) is 3.24. The van der Waals surface area contributed by atoms with Crippen molar-refractivity contribution in [3.63, 3.8) is 0 Å². The van der Waals surface area contributed by atoms with E-state index in [1.54, 1.807) is 25.3 Å². The number of hydrogen-bond acceptors (Lipinski definition) is 4. The number of nitrogens with one attached hydrogen (secondary N) is 2. The maximum atomic E-state index is 10.1. The van der Waals surface area contributed by atoms with E-state index in [2.05, 4.69) is 45.8 Å². The average molecular weight is 535 g/mol. The Morgan fingerprint density at radius 2 is 1.87 bits per heavy atom. The first kappa shape index (κ1) is 24.5. The Morgan fingerprint density at radius 1 is 1.10 bits per heavy atom. The topological polar surface area (TPSA) is 83.7 Å². The highest BCUT2D eigenvalue weighted by atomic mass is 127. The number of para-hydroxylation sites is 1. The van der Waals surface area contributed by atoms with Crippen molar-refractivity contribution in [3.8, 4) is 17.2 Å². The predicted octanol–water partition coefficient (Wildman–Crippen LogP) is 4.08. The molecule has 0 unspecified atom stereocenters. The van der Waals surface area contributed by atoms with E-state index >= 15 is 0 Å². The Hall–Kier alpha value is -2.75. The number of phenols is 1. The van der Waals surface area contributed by atoms with Crippen LogP contribution in [0.25, 0.3) is 5.69 Å². The molecule has 7 nitrogen and oxygen atoms in total. The van der Waals surface area contributed by atoms with Gasteiger partial charge in [0.05, 0.1) is 25.0 Å². The molecular weight excluding hydrogens is 505 g/mol. The Labute approximate surface area is 200 Å². The lowest BCUT2D eigenvalue weighted by atomic mass is 10.1. The van der Waals surface area contributed by atoms with Crippen molar-refractivity contribution in [2.45, 2.75) is 33.9 Å². The third kappa shape index (κ3) is 6.36. The number of halogens is 1. The van der Waals surface area contributed by atoms with Crippen LogP contribution in [-0.2, 0) is 13.1 Å². The van der Waals surface area contributed by atoms with Gasteiger partial charge in [-0.1, -0.05) is 18.2 Å². The summed E-state index contributed by atoms with van der Waals surface area (Å²) in [4.78, 5) is 4.62. The van der Waals surface area contributed by atoms with Gasteiger partial charge >= 0.3 is 0 Å². The van der Waals surface area contributed by atoms with E-state index in [9.17, 15) is 5.11 Å². The molecule has 0 bridgehead atoms. The quantitative estimate of drug-likeness (QED) is 0.241. The summed E-state index contributed by atoms with van der Waals surface area (Å²) in [6.45, 7) is 7.71. The monoisotopic (exact) mass is 535 g/mol. The highest BCUT2D eigenvalue weighted by molar-refractivity contribution is 14.0. The number of rotatable bonds is 7. The van der Waals surface area contributed by atoms with Crippen molar-refractivity contribution in [2.75, 3.05) is 13.7 Å². The number of aliphatic imine (C=N–C) groups is 1. The molecule has 0 fully saturated rings. The molecule has 0 aliphatic carbocycles. The first-order valence-electron chi connectivity index (χ1n) is 10.0. The molecule has 166 valence electrons. The zero-order valence-electron chi connectivity index (χ0n) is 18.3. The summed E-state index contributed by atoms with van der Waals surface area (Å²) < 4.78 is 7.20. The summed E-state index contributed by atoms with van der Waals surface area (Å²) in [5.74, 6) is 1.56. The second-order valence-corrected chi connectivity index (χ2v) is 7.01. The Kier molecular flexibility index (Phi) is 9.17. The van der Waals surface area contributed by atoms with Crippen LogP contribution in [0.5, 0.6) is 11.5 Å². The molecule has 8 heteroatoms. The molecule has 1 heterocycles. The van der Waals surface area contributed by atoms with Gasteiger partial charge in [-0.25, -0.2) is 9.67 Å². The second-order valence-electron chi connectivity index (χ2n) is 7.01. The van der Waals surface area contributed by atoms with Crippen LogP contribution in [0.2, 0.25) is 0 Å². The zero-order chi connectivity index (χ0) is 21.5. The Morgan fingerprint density at radius 3 is 2.55 bits per heavy atom. The molecule has 3 rings (SSSR count). The van der Waals surface area contributed by atoms with Crippen molar-refractivity contribution in [3.05, 3.63) is 71.0 Å². The fraction of sp³-hybridized carbons (Fsp3) is 0.304. The van der Waals surface area contributed by atoms with Crippen LogP contribution >= 0.6 is 24.0 Å². The third-order valence-electron chi connectivity index (χ3n) is 4.71. The summed E-state index contributed by atoms with van der Waals surface area (Å²) in [5, 5.41) is 21.3. The number of aromatic nitrogens is 2. The molecule has 0 aliphatic rings. The van der Waals surface area contributed by atoms with Gasteiger partial charge in [0, 0.05) is 24.3 Å². The van der Waals surface area contributed by atoms with Crippen molar-refractivity contribution in [2.24, 2.45) is 4.99 Å². The maximum Gasteiger partial charge on any atom is 0.191 e. The van der Waals surface area contributed by atoms with E-state index in [1.807, 2.05) is 30.7 Å². The lowest BCUT2D eigenvalue weighted by Gasteiger charge is -2.15. The summed E-state index contributed by atoms with van der Waals surface area (Å²) in [6.07, 6.45) is 0. The van der Waals surface area contributed by atoms with Crippen LogP contribution in [-0.4, -0.2) is 34.5 Å². The van der Waals surface area contributed by atoms with E-state index < -0.39 is 0 Å². The number of aryl methyl sites for hydroxylation is 2. The van der Waals surface area contributed by atoms with E-state index in [4.69, 9.17) is 4.74 Å². The Bertz CT molecular complexity index is 1030. The van der Waals surface area contributed by atoms with Gasteiger partial charge in [0.15, 0.2) is 5.96 Å². The van der Waals surface area contributed by atoms with Gasteiger partial charge in [-0.2, -0.15) is 5.10 Å². The van der Waals surface area contributed by atoms with Gasteiger partial charge < -0.3 is 20.5 Å². The summed E-state index contributed by atoms with van der Waals surface area (Å²) in [7, 11) is 1.60. The van der Waals surface area contributed by atoms with Gasteiger partial charge in [-0.15, -0.1) is 24.0 Å². The molecule has 0 saturated heterocycles. The largest absolute Gasteiger partial charge is 0.508 e. The van der Waals surface area contributed by atoms with Crippen LogP contribution in [0.15, 0.2) is 53.5 Å². The van der Waals surface area contributed by atoms with Crippen LogP contribution < -0.4 is 15.4 Å². The summed E-state index contributed by atoms with van der Waals surface area (Å²) in [5.41, 5.74) is 4.93. The number of hydrogen-bond donors (Lipinski definition) is 3. The lowest BCUT2D eigenvalue weighted by molar-refractivity contribution is 0.411. The van der Waals surface area contributed by atoms with Crippen molar-refractivity contribution in [1.82, 2.24) is 20.4 Å². The minimum absolute atomic E-state index is 0. The number of aromatic hydroxyl groups is 1. The molecule has 0 aliphatic heterocycles. The molecule has 2 aromatic carbocycles. The maximum absolute atomic E-state index is 10.1. The SMILES string of the molecule is CCNC(=NCc1cc(OC)ccc1O)NCc1ccccc1-n1nc(C)cc1C.I. The second kappa shape index (κ2) is 11.6. The normalized spacial score (nSPS) is 11.0. The third-order valence-corrected chi connectivity index (χ3v) is 4.71. The summed E-state index contributed by atoms with van der Waals surface area (Å²) >= 11 is 0. The lowest BCUT2D eigenvalue weighted by Crippen LogP contribution is -2.37. The van der Waals surface area contributed by atoms with E-state index in [1.165, 1.54) is 0 Å². The molecule has 3 aromatic rings. The number of phenolic OH excluding ortho intramolecular Hbond substituents is 1. The molecule has 0 atom stereocenters. The average Bonchev–Trinajstić information content (AvgIpc) is 3.09. The highest BCUT2D eigenvalue weighted by Crippen LogP contribution is 2.23. The van der Waals surface area contributed by atoms with Crippen molar-refractivity contribution in [1.29, 1.82) is 0 Å². The van der Waals surface area contributed by atoms with Gasteiger partial charge in [0.25, 0.3) is 0 Å². The van der Waals surface area contributed by atoms with Crippen molar-refractivity contribution < 1.29 is 9.84 Å². The molecule has 31 heavy (non-hydrogen) atoms. The number of guanidine groups is 1. The number of methoxy groups -OCH3 is 1. The molecule has 0 amide bonds. The molecular formula is C23H30IN5O2. The molecule has 1 aromatic heterocycles. The van der Waals surface area contributed by atoms with Crippen LogP contribution in [0, 0.1) is 13.8 Å². The first-order valence-corrected chi connectivity index (χ1v) is 10.0. The number of ether oxygens (including phenoxy) is 1.